The van der Waals surface area contributed by atoms with Crippen LogP contribution in [0.25, 0.3) is 72.4 Å². The molecule has 0 aliphatic carbocycles. The molecule has 6 heteroatoms. The van der Waals surface area contributed by atoms with Gasteiger partial charge in [-0.3, -0.25) is 4.98 Å². The number of furan rings is 1. The quantitative estimate of drug-likeness (QED) is 0.112. The van der Waals surface area contributed by atoms with E-state index in [2.05, 4.69) is 159 Å². The third kappa shape index (κ3) is 9.64. The molecule has 3 aromatic heterocycles. The van der Waals surface area contributed by atoms with Crippen LogP contribution in [-0.4, -0.2) is 27.8 Å². The Morgan fingerprint density at radius 3 is 2.11 bits per heavy atom. The summed E-state index contributed by atoms with van der Waals surface area (Å²) < 4.78 is 50.0. The first-order chi connectivity index (χ1) is 32.0. The van der Waals surface area contributed by atoms with E-state index in [-0.39, 0.29) is 25.7 Å². The Morgan fingerprint density at radius 2 is 1.47 bits per heavy atom. The van der Waals surface area contributed by atoms with Crippen molar-refractivity contribution >= 4 is 50.6 Å². The number of hydrogen-bond donors (Lipinski definition) is 0. The van der Waals surface area contributed by atoms with Crippen molar-refractivity contribution in [3.8, 4) is 39.5 Å². The SMILES string of the molecule is Cc1c[c-]c(-c2nc3ccccc3n2-c2c(C(C)C)cc(-c3ccccc3)cc2C(C)C)c2oc3ccccc3c12.[2H]C([2H])([2H])c1c[c-]c(-c2cc(C([2H])([2H])C(C)(C)C)[c]([Ge]([CH3])([CH3])[CH3])cn2)cc1.[Ir]. The van der Waals surface area contributed by atoms with Gasteiger partial charge in [0.05, 0.1) is 22.4 Å². The predicted octanol–water partition coefficient (Wildman–Crippen LogP) is 15.6. The molecule has 0 saturated carbocycles. The molecule has 0 aliphatic rings. The van der Waals surface area contributed by atoms with Crippen molar-refractivity contribution in [1.82, 2.24) is 14.5 Å². The van der Waals surface area contributed by atoms with E-state index in [0.29, 0.717) is 28.7 Å². The maximum Gasteiger partial charge on any atom is 0 e. The van der Waals surface area contributed by atoms with Crippen LogP contribution in [0.15, 0.2) is 132 Å². The summed E-state index contributed by atoms with van der Waals surface area (Å²) in [7, 11) is 0. The van der Waals surface area contributed by atoms with Gasteiger partial charge in [-0.1, -0.05) is 106 Å². The molecule has 1 radical (unpaired) electrons. The minimum atomic E-state index is -2.36. The largest absolute Gasteiger partial charge is 0 e. The second-order valence-electron chi connectivity index (χ2n) is 19.3. The Bertz CT molecular complexity index is 3260. The first kappa shape index (κ1) is 40.4. The Balaban J connectivity index is 0.000000220. The molecular formula is C58H61GeIrN3O-2. The molecule has 0 N–H and O–H groups in total. The van der Waals surface area contributed by atoms with Crippen molar-refractivity contribution in [3.05, 3.63) is 167 Å². The molecule has 0 amide bonds. The number of pyridine rings is 1. The molecule has 4 nitrogen and oxygen atoms in total. The van der Waals surface area contributed by atoms with Crippen LogP contribution in [0.2, 0.25) is 17.3 Å². The summed E-state index contributed by atoms with van der Waals surface area (Å²) in [6.45, 7) is 14.8. The van der Waals surface area contributed by atoms with Gasteiger partial charge in [-0.25, -0.2) is 0 Å². The third-order valence-corrected chi connectivity index (χ3v) is 15.7. The van der Waals surface area contributed by atoms with E-state index in [1.54, 1.807) is 12.1 Å². The Kier molecular flexibility index (Phi) is 11.9. The number of nitrogens with zero attached hydrogens (tertiary/aromatic N) is 3. The van der Waals surface area contributed by atoms with Gasteiger partial charge in [0.2, 0.25) is 0 Å². The molecule has 64 heavy (non-hydrogen) atoms. The molecule has 0 unspecified atom stereocenters. The minimum Gasteiger partial charge on any atom is 0 e. The third-order valence-electron chi connectivity index (χ3n) is 11.5. The number of aromatic nitrogens is 3. The number of hydrogen-bond acceptors (Lipinski definition) is 3. The predicted molar refractivity (Wildman–Crippen MR) is 270 cm³/mol. The van der Waals surface area contributed by atoms with Crippen LogP contribution in [0, 0.1) is 31.3 Å². The molecule has 6 aromatic carbocycles. The van der Waals surface area contributed by atoms with Gasteiger partial charge >= 0.3 is 145 Å². The van der Waals surface area contributed by atoms with Gasteiger partial charge < -0.3 is 8.98 Å². The number of benzene rings is 6. The molecule has 0 bridgehead atoms. The van der Waals surface area contributed by atoms with Crippen LogP contribution in [0.3, 0.4) is 0 Å². The van der Waals surface area contributed by atoms with E-state index >= 15 is 0 Å². The molecule has 0 fully saturated rings. The summed E-state index contributed by atoms with van der Waals surface area (Å²) in [4.78, 5) is 9.83. The zero-order chi connectivity index (χ0) is 49.1. The molecule has 0 saturated heterocycles. The maximum atomic E-state index is 8.80. The molecule has 329 valence electrons. The summed E-state index contributed by atoms with van der Waals surface area (Å²) in [5, 5.41) is 2.25. The average molecular weight is 1090 g/mol. The van der Waals surface area contributed by atoms with Crippen molar-refractivity contribution in [3.63, 3.8) is 0 Å². The van der Waals surface area contributed by atoms with Gasteiger partial charge in [-0.15, -0.1) is 17.7 Å². The topological polar surface area (TPSA) is 43.9 Å². The Morgan fingerprint density at radius 1 is 0.797 bits per heavy atom. The normalized spacial score (nSPS) is 13.5. The zero-order valence-electron chi connectivity index (χ0n) is 43.9. The number of rotatable bonds is 8. The van der Waals surface area contributed by atoms with Crippen LogP contribution in [0.5, 0.6) is 0 Å². The summed E-state index contributed by atoms with van der Waals surface area (Å²) in [6, 6.07) is 47.4. The van der Waals surface area contributed by atoms with Crippen LogP contribution < -0.4 is 4.40 Å². The average Bonchev–Trinajstić information content (AvgIpc) is 3.88. The second kappa shape index (κ2) is 18.8. The van der Waals surface area contributed by atoms with Gasteiger partial charge in [0.15, 0.2) is 0 Å². The van der Waals surface area contributed by atoms with Gasteiger partial charge in [-0.2, -0.15) is 0 Å². The van der Waals surface area contributed by atoms with E-state index in [9.17, 15) is 0 Å². The standard InChI is InChI=1S/C38H33N2O.C20H28GeN.Ir/c1-23(2)30-21-27(26-13-7-6-8-14-26)22-31(24(3)4)36(30)40-33-17-11-10-16-32(33)39-38(40)29-20-19-25(5)35-28-15-9-12-18-34(28)41-37(29)35;1-15-8-10-16(11-9-15)19-12-17(13-20(2,3)4)18(14-22-19)21(5,6)7;/h6-19,21-24H,1-5H3;8-10,12,14H,13H2,1-7H3;/q2*-1;/i;1D3,13D2;. The van der Waals surface area contributed by atoms with Crippen molar-refractivity contribution in [2.45, 2.75) is 97.7 Å². The first-order valence-corrected chi connectivity index (χ1v) is 29.4. The fourth-order valence-electron chi connectivity index (χ4n) is 8.42. The summed E-state index contributed by atoms with van der Waals surface area (Å²) >= 11 is -2.36. The van der Waals surface area contributed by atoms with Crippen LogP contribution in [0.4, 0.5) is 0 Å². The maximum absolute atomic E-state index is 8.80. The van der Waals surface area contributed by atoms with Crippen molar-refractivity contribution in [2.75, 3.05) is 0 Å². The fraction of sp³-hybridized carbons (Fsp3) is 0.276. The Hall–Kier alpha value is -5.07. The summed E-state index contributed by atoms with van der Waals surface area (Å²) in [6.07, 6.45) is 0.303. The number of fused-ring (bicyclic) bond motifs is 4. The van der Waals surface area contributed by atoms with Crippen molar-refractivity contribution in [2.24, 2.45) is 5.41 Å². The van der Waals surface area contributed by atoms with Crippen molar-refractivity contribution in [1.29, 1.82) is 0 Å². The van der Waals surface area contributed by atoms with Crippen molar-refractivity contribution < 1.29 is 31.4 Å². The number of imidazole rings is 1. The van der Waals surface area contributed by atoms with E-state index in [1.165, 1.54) is 34.0 Å². The van der Waals surface area contributed by atoms with Gasteiger partial charge in [-0.05, 0) is 64.4 Å². The zero-order valence-corrected chi connectivity index (χ0v) is 43.4. The molecule has 3 heterocycles. The Labute approximate surface area is 404 Å². The molecule has 0 aliphatic heterocycles. The smallest absolute Gasteiger partial charge is 0 e. The molecule has 9 aromatic rings. The van der Waals surface area contributed by atoms with Gasteiger partial charge in [0.1, 0.15) is 5.58 Å². The second-order valence-corrected chi connectivity index (χ2v) is 29.9. The van der Waals surface area contributed by atoms with Crippen LogP contribution in [-0.2, 0) is 26.5 Å². The number of aryl methyl sites for hydroxylation is 2. The molecule has 0 atom stereocenters. The van der Waals surface area contributed by atoms with Crippen LogP contribution >= 0.6 is 0 Å². The molecule has 9 rings (SSSR count). The molecular weight excluding hydrogens is 1020 g/mol. The van der Waals surface area contributed by atoms with E-state index in [1.807, 2.05) is 45.2 Å². The monoisotopic (exact) mass is 1090 g/mol. The van der Waals surface area contributed by atoms with E-state index < -0.39 is 31.9 Å². The molecule has 0 spiro atoms. The number of para-hydroxylation sites is 3. The van der Waals surface area contributed by atoms with Gasteiger partial charge in [0.25, 0.3) is 0 Å². The summed E-state index contributed by atoms with van der Waals surface area (Å²) in [5.41, 5.74) is 13.7. The fourth-order valence-corrected chi connectivity index (χ4v) is 11.4. The van der Waals surface area contributed by atoms with E-state index in [4.69, 9.17) is 16.3 Å². The van der Waals surface area contributed by atoms with Crippen LogP contribution in [0.1, 0.15) is 95.0 Å². The first-order valence-electron chi connectivity index (χ1n) is 24.5. The minimum absolute atomic E-state index is 0. The van der Waals surface area contributed by atoms with Gasteiger partial charge in [0, 0.05) is 31.2 Å². The summed E-state index contributed by atoms with van der Waals surface area (Å²) in [5.74, 6) is 8.15. The van der Waals surface area contributed by atoms with E-state index in [0.717, 1.165) is 54.3 Å².